The number of aromatic amines is 1. The molecule has 0 aliphatic carbocycles. The van der Waals surface area contributed by atoms with Crippen LogP contribution in [0.5, 0.6) is 5.75 Å². The summed E-state index contributed by atoms with van der Waals surface area (Å²) in [6, 6.07) is 7.77. The number of phenolic OH excluding ortho intramolecular Hbond substituents is 1. The Balaban J connectivity index is 1.62. The van der Waals surface area contributed by atoms with Crippen molar-refractivity contribution in [1.82, 2.24) is 9.88 Å². The number of aromatic hydroxyl groups is 1. The summed E-state index contributed by atoms with van der Waals surface area (Å²) in [4.78, 5) is 29.3. The van der Waals surface area contributed by atoms with Crippen LogP contribution in [0, 0.1) is 5.92 Å². The Bertz CT molecular complexity index is 743. The van der Waals surface area contributed by atoms with Gasteiger partial charge in [0.25, 0.3) is 5.91 Å². The van der Waals surface area contributed by atoms with E-state index in [1.54, 1.807) is 17.0 Å². The summed E-state index contributed by atoms with van der Waals surface area (Å²) in [5.74, 6) is -0.1000. The number of nitrogens with zero attached hydrogens (tertiary/aromatic N) is 1. The van der Waals surface area contributed by atoms with Crippen LogP contribution in [0.25, 0.3) is 0 Å². The van der Waals surface area contributed by atoms with Gasteiger partial charge in [-0.15, -0.1) is 0 Å². The number of halogens is 2. The fraction of sp³-hybridized carbons (Fsp3) is 0.294. The SMILES string of the molecule is O=C(c1ccc(O)cc1)C1CCN(C(=O)c2cc(Cl)c(Cl)[nH]2)CC1. The molecule has 126 valence electrons. The number of carbonyl (C=O) groups excluding carboxylic acids is 2. The molecule has 1 aliphatic heterocycles. The number of benzene rings is 1. The van der Waals surface area contributed by atoms with Crippen molar-refractivity contribution in [2.24, 2.45) is 5.92 Å². The van der Waals surface area contributed by atoms with Crippen LogP contribution in [0.3, 0.4) is 0 Å². The number of aromatic nitrogens is 1. The van der Waals surface area contributed by atoms with E-state index in [0.717, 1.165) is 0 Å². The number of ketones is 1. The molecule has 2 N–H and O–H groups in total. The van der Waals surface area contributed by atoms with Crippen LogP contribution in [-0.4, -0.2) is 39.8 Å². The lowest BCUT2D eigenvalue weighted by atomic mass is 9.89. The minimum absolute atomic E-state index is 0.0491. The third-order valence-electron chi connectivity index (χ3n) is 4.26. The van der Waals surface area contributed by atoms with Gasteiger partial charge in [-0.1, -0.05) is 23.2 Å². The second-order valence-corrected chi connectivity index (χ2v) is 6.61. The van der Waals surface area contributed by atoms with Gasteiger partial charge in [-0.3, -0.25) is 9.59 Å². The van der Waals surface area contributed by atoms with Gasteiger partial charge in [-0.05, 0) is 43.2 Å². The highest BCUT2D eigenvalue weighted by Gasteiger charge is 2.29. The van der Waals surface area contributed by atoms with Crippen LogP contribution in [0.4, 0.5) is 0 Å². The van der Waals surface area contributed by atoms with E-state index in [1.165, 1.54) is 18.2 Å². The number of nitrogens with one attached hydrogen (secondary N) is 1. The van der Waals surface area contributed by atoms with E-state index in [0.29, 0.717) is 42.2 Å². The van der Waals surface area contributed by atoms with Crippen molar-refractivity contribution in [3.63, 3.8) is 0 Å². The Hall–Kier alpha value is -1.98. The number of likely N-dealkylation sites (tertiary alicyclic amines) is 1. The maximum atomic E-state index is 12.5. The van der Waals surface area contributed by atoms with Crippen molar-refractivity contribution in [2.75, 3.05) is 13.1 Å². The summed E-state index contributed by atoms with van der Waals surface area (Å²) >= 11 is 11.7. The zero-order valence-electron chi connectivity index (χ0n) is 12.8. The first-order chi connectivity index (χ1) is 11.5. The molecule has 0 spiro atoms. The topological polar surface area (TPSA) is 73.4 Å². The number of piperidine rings is 1. The Kier molecular flexibility index (Phi) is 4.83. The number of phenols is 1. The quantitative estimate of drug-likeness (QED) is 0.812. The molecule has 1 aromatic carbocycles. The molecule has 24 heavy (non-hydrogen) atoms. The van der Waals surface area contributed by atoms with Crippen molar-refractivity contribution < 1.29 is 14.7 Å². The highest BCUT2D eigenvalue weighted by atomic mass is 35.5. The lowest BCUT2D eigenvalue weighted by molar-refractivity contribution is 0.0646. The molecule has 2 heterocycles. The number of amides is 1. The lowest BCUT2D eigenvalue weighted by Gasteiger charge is -2.31. The maximum Gasteiger partial charge on any atom is 0.270 e. The Morgan fingerprint density at radius 1 is 1.12 bits per heavy atom. The molecule has 2 aromatic rings. The molecule has 3 rings (SSSR count). The first-order valence-corrected chi connectivity index (χ1v) is 8.38. The Morgan fingerprint density at radius 3 is 2.29 bits per heavy atom. The second-order valence-electron chi connectivity index (χ2n) is 5.82. The first kappa shape index (κ1) is 16.9. The van der Waals surface area contributed by atoms with Gasteiger partial charge in [-0.25, -0.2) is 0 Å². The molecule has 5 nitrogen and oxygen atoms in total. The van der Waals surface area contributed by atoms with Crippen molar-refractivity contribution >= 4 is 34.9 Å². The van der Waals surface area contributed by atoms with E-state index < -0.39 is 0 Å². The number of hydrogen-bond donors (Lipinski definition) is 2. The molecular formula is C17H16Cl2N2O3. The molecule has 0 atom stereocenters. The standard InChI is InChI=1S/C17H16Cl2N2O3/c18-13-9-14(20-16(13)19)17(24)21-7-5-11(6-8-21)15(23)10-1-3-12(22)4-2-10/h1-4,9,11,20,22H,5-8H2. The average molecular weight is 367 g/mol. The van der Waals surface area contributed by atoms with Gasteiger partial charge < -0.3 is 15.0 Å². The summed E-state index contributed by atoms with van der Waals surface area (Å²) in [7, 11) is 0. The third-order valence-corrected chi connectivity index (χ3v) is 4.95. The summed E-state index contributed by atoms with van der Waals surface area (Å²) < 4.78 is 0. The van der Waals surface area contributed by atoms with Crippen LogP contribution in [0.1, 0.15) is 33.7 Å². The molecule has 1 aliphatic rings. The normalized spacial score (nSPS) is 15.5. The Morgan fingerprint density at radius 2 is 1.75 bits per heavy atom. The predicted molar refractivity (Wildman–Crippen MR) is 91.9 cm³/mol. The summed E-state index contributed by atoms with van der Waals surface area (Å²) in [5.41, 5.74) is 0.939. The highest BCUT2D eigenvalue weighted by molar-refractivity contribution is 6.41. The van der Waals surface area contributed by atoms with Gasteiger partial charge >= 0.3 is 0 Å². The fourth-order valence-corrected chi connectivity index (χ4v) is 3.21. The van der Waals surface area contributed by atoms with Crippen LogP contribution in [0.15, 0.2) is 30.3 Å². The molecule has 0 unspecified atom stereocenters. The molecule has 1 aromatic heterocycles. The smallest absolute Gasteiger partial charge is 0.270 e. The molecule has 0 saturated carbocycles. The van der Waals surface area contributed by atoms with Crippen LogP contribution < -0.4 is 0 Å². The zero-order chi connectivity index (χ0) is 17.3. The van der Waals surface area contributed by atoms with Crippen molar-refractivity contribution in [2.45, 2.75) is 12.8 Å². The second kappa shape index (κ2) is 6.87. The predicted octanol–water partition coefficient (Wildman–Crippen LogP) is 3.76. The minimum atomic E-state index is -0.167. The van der Waals surface area contributed by atoms with Crippen LogP contribution in [-0.2, 0) is 0 Å². The third kappa shape index (κ3) is 3.42. The van der Waals surface area contributed by atoms with Gasteiger partial charge in [0.05, 0.1) is 5.02 Å². The maximum absolute atomic E-state index is 12.5. The number of H-pyrrole nitrogens is 1. The van der Waals surface area contributed by atoms with Crippen molar-refractivity contribution in [3.05, 3.63) is 51.8 Å². The van der Waals surface area contributed by atoms with Gasteiger partial charge in [-0.2, -0.15) is 0 Å². The van der Waals surface area contributed by atoms with Gasteiger partial charge in [0.15, 0.2) is 5.78 Å². The van der Waals surface area contributed by atoms with Crippen LogP contribution >= 0.6 is 23.2 Å². The summed E-state index contributed by atoms with van der Waals surface area (Å²) in [6.07, 6.45) is 1.21. The molecule has 0 radical (unpaired) electrons. The summed E-state index contributed by atoms with van der Waals surface area (Å²) in [5, 5.41) is 9.86. The number of carbonyl (C=O) groups is 2. The van der Waals surface area contributed by atoms with Gasteiger partial charge in [0, 0.05) is 24.6 Å². The average Bonchev–Trinajstić information content (AvgIpc) is 2.93. The molecule has 1 amide bonds. The molecule has 0 bridgehead atoms. The number of hydrogen-bond acceptors (Lipinski definition) is 3. The van der Waals surface area contributed by atoms with Crippen molar-refractivity contribution in [3.8, 4) is 5.75 Å². The number of Topliss-reactive ketones (excluding diaryl/α,β-unsaturated/α-hetero) is 1. The highest BCUT2D eigenvalue weighted by Crippen LogP contribution is 2.26. The van der Waals surface area contributed by atoms with E-state index >= 15 is 0 Å². The monoisotopic (exact) mass is 366 g/mol. The van der Waals surface area contributed by atoms with Crippen molar-refractivity contribution in [1.29, 1.82) is 0 Å². The molecule has 1 saturated heterocycles. The largest absolute Gasteiger partial charge is 0.508 e. The fourth-order valence-electron chi connectivity index (χ4n) is 2.90. The first-order valence-electron chi connectivity index (χ1n) is 7.62. The molecule has 7 heteroatoms. The van der Waals surface area contributed by atoms with E-state index in [4.69, 9.17) is 23.2 Å². The Labute approximate surface area is 149 Å². The van der Waals surface area contributed by atoms with E-state index in [9.17, 15) is 14.7 Å². The van der Waals surface area contributed by atoms with E-state index in [-0.39, 0.29) is 28.5 Å². The van der Waals surface area contributed by atoms with Gasteiger partial charge in [0.2, 0.25) is 0 Å². The zero-order valence-corrected chi connectivity index (χ0v) is 14.3. The number of rotatable bonds is 3. The lowest BCUT2D eigenvalue weighted by Crippen LogP contribution is -2.40. The van der Waals surface area contributed by atoms with E-state index in [2.05, 4.69) is 4.98 Å². The van der Waals surface area contributed by atoms with Gasteiger partial charge in [0.1, 0.15) is 16.6 Å². The van der Waals surface area contributed by atoms with E-state index in [1.807, 2.05) is 0 Å². The molecule has 1 fully saturated rings. The van der Waals surface area contributed by atoms with Crippen LogP contribution in [0.2, 0.25) is 10.2 Å². The minimum Gasteiger partial charge on any atom is -0.508 e. The summed E-state index contributed by atoms with van der Waals surface area (Å²) in [6.45, 7) is 1.00. The molecular weight excluding hydrogens is 351 g/mol.